The smallest absolute Gasteiger partial charge is 0.208 e. The molecular formula is C12H15BrN4S2. The first kappa shape index (κ1) is 14.8. The monoisotopic (exact) mass is 358 g/mol. The Morgan fingerprint density at radius 3 is 2.63 bits per heavy atom. The molecule has 0 amide bonds. The van der Waals surface area contributed by atoms with Crippen LogP contribution in [0.1, 0.15) is 18.5 Å². The highest BCUT2D eigenvalue weighted by molar-refractivity contribution is 9.10. The predicted octanol–water partition coefficient (Wildman–Crippen LogP) is 3.54. The first-order valence-electron chi connectivity index (χ1n) is 5.71. The normalized spacial score (nSPS) is 12.5. The van der Waals surface area contributed by atoms with Gasteiger partial charge in [-0.3, -0.25) is 0 Å². The van der Waals surface area contributed by atoms with Crippen LogP contribution in [0, 0.1) is 0 Å². The van der Waals surface area contributed by atoms with Crippen LogP contribution in [-0.4, -0.2) is 24.3 Å². The highest BCUT2D eigenvalue weighted by Crippen LogP contribution is 2.37. The number of nitrogens with zero attached hydrogens (tertiary/aromatic N) is 3. The molecule has 2 rings (SSSR count). The van der Waals surface area contributed by atoms with Gasteiger partial charge in [-0.25, -0.2) is 0 Å². The summed E-state index contributed by atoms with van der Waals surface area (Å²) in [7, 11) is 3.92. The third-order valence-corrected chi connectivity index (χ3v) is 5.59. The molecule has 7 heteroatoms. The lowest BCUT2D eigenvalue weighted by molar-refractivity contribution is 0.815. The van der Waals surface area contributed by atoms with Crippen molar-refractivity contribution in [3.05, 3.63) is 28.2 Å². The van der Waals surface area contributed by atoms with Crippen LogP contribution in [0.4, 0.5) is 5.13 Å². The molecule has 2 N–H and O–H groups in total. The number of hydrogen-bond acceptors (Lipinski definition) is 6. The lowest BCUT2D eigenvalue weighted by atomic mass is 10.1. The summed E-state index contributed by atoms with van der Waals surface area (Å²) in [6, 6.07) is 6.20. The Bertz CT molecular complexity index is 569. The van der Waals surface area contributed by atoms with Crippen LogP contribution >= 0.6 is 39.0 Å². The Morgan fingerprint density at radius 2 is 2.11 bits per heavy atom. The molecule has 1 aromatic heterocycles. The van der Waals surface area contributed by atoms with E-state index in [0.717, 1.165) is 24.4 Å². The summed E-state index contributed by atoms with van der Waals surface area (Å²) in [5, 5.41) is 9.21. The molecule has 1 atom stereocenters. The highest BCUT2D eigenvalue weighted by Gasteiger charge is 2.10. The fourth-order valence-electron chi connectivity index (χ4n) is 1.40. The molecule has 0 fully saturated rings. The zero-order valence-electron chi connectivity index (χ0n) is 10.9. The van der Waals surface area contributed by atoms with Gasteiger partial charge in [0.1, 0.15) is 0 Å². The van der Waals surface area contributed by atoms with Gasteiger partial charge in [0.25, 0.3) is 0 Å². The fourth-order valence-corrected chi connectivity index (χ4v) is 3.76. The van der Waals surface area contributed by atoms with Gasteiger partial charge in [0, 0.05) is 29.5 Å². The van der Waals surface area contributed by atoms with E-state index in [-0.39, 0.29) is 6.04 Å². The molecule has 0 saturated heterocycles. The largest absolute Gasteiger partial charge is 0.353 e. The molecule has 0 radical (unpaired) electrons. The first-order chi connectivity index (χ1) is 8.97. The number of anilines is 1. The van der Waals surface area contributed by atoms with E-state index in [2.05, 4.69) is 38.3 Å². The molecule has 0 saturated carbocycles. The second-order valence-electron chi connectivity index (χ2n) is 4.33. The van der Waals surface area contributed by atoms with E-state index >= 15 is 0 Å². The van der Waals surface area contributed by atoms with Gasteiger partial charge < -0.3 is 10.6 Å². The second kappa shape index (κ2) is 6.21. The fraction of sp³-hybridized carbons (Fsp3) is 0.333. The Labute approximate surface area is 129 Å². The van der Waals surface area contributed by atoms with E-state index < -0.39 is 0 Å². The van der Waals surface area contributed by atoms with Gasteiger partial charge in [-0.1, -0.05) is 29.2 Å². The second-order valence-corrected chi connectivity index (χ2v) is 7.42. The number of nitrogens with two attached hydrogens (primary N) is 1. The molecule has 1 heterocycles. The Morgan fingerprint density at radius 1 is 1.37 bits per heavy atom. The minimum atomic E-state index is 0.0391. The molecule has 0 bridgehead atoms. The summed E-state index contributed by atoms with van der Waals surface area (Å²) in [5.41, 5.74) is 6.98. The van der Waals surface area contributed by atoms with E-state index in [1.54, 1.807) is 23.1 Å². The summed E-state index contributed by atoms with van der Waals surface area (Å²) in [4.78, 5) is 3.07. The zero-order valence-corrected chi connectivity index (χ0v) is 14.1. The predicted molar refractivity (Wildman–Crippen MR) is 85.1 cm³/mol. The van der Waals surface area contributed by atoms with E-state index in [0.29, 0.717) is 0 Å². The zero-order chi connectivity index (χ0) is 14.0. The van der Waals surface area contributed by atoms with Crippen molar-refractivity contribution >= 4 is 44.2 Å². The van der Waals surface area contributed by atoms with Crippen molar-refractivity contribution in [2.45, 2.75) is 22.2 Å². The SMILES string of the molecule is C[C@H](N)c1ccc(Sc2nnc(N(C)C)s2)c(Br)c1. The Kier molecular flexibility index (Phi) is 4.83. The van der Waals surface area contributed by atoms with Gasteiger partial charge in [-0.15, -0.1) is 10.2 Å². The summed E-state index contributed by atoms with van der Waals surface area (Å²) in [6.45, 7) is 1.97. The summed E-state index contributed by atoms with van der Waals surface area (Å²) in [6.07, 6.45) is 0. The van der Waals surface area contributed by atoms with Crippen molar-refractivity contribution in [3.8, 4) is 0 Å². The van der Waals surface area contributed by atoms with Crippen LogP contribution in [0.15, 0.2) is 31.9 Å². The molecule has 0 aliphatic rings. The molecular weight excluding hydrogens is 344 g/mol. The number of halogens is 1. The molecule has 2 aromatic rings. The minimum Gasteiger partial charge on any atom is -0.353 e. The van der Waals surface area contributed by atoms with E-state index in [1.807, 2.05) is 32.0 Å². The molecule has 4 nitrogen and oxygen atoms in total. The van der Waals surface area contributed by atoms with Crippen LogP contribution in [0.3, 0.4) is 0 Å². The van der Waals surface area contributed by atoms with E-state index in [9.17, 15) is 0 Å². The Hall–Kier alpha value is -0.630. The van der Waals surface area contributed by atoms with Crippen LogP contribution in [0.5, 0.6) is 0 Å². The number of hydrogen-bond donors (Lipinski definition) is 1. The first-order valence-corrected chi connectivity index (χ1v) is 8.13. The lowest BCUT2D eigenvalue weighted by Crippen LogP contribution is -2.07. The molecule has 0 aliphatic carbocycles. The number of rotatable bonds is 4. The van der Waals surface area contributed by atoms with Crippen molar-refractivity contribution in [2.75, 3.05) is 19.0 Å². The van der Waals surface area contributed by atoms with E-state index in [1.165, 1.54) is 0 Å². The maximum Gasteiger partial charge on any atom is 0.208 e. The summed E-state index contributed by atoms with van der Waals surface area (Å²) in [5.74, 6) is 0. The van der Waals surface area contributed by atoms with Crippen molar-refractivity contribution in [1.29, 1.82) is 0 Å². The summed E-state index contributed by atoms with van der Waals surface area (Å²) >= 11 is 6.76. The third-order valence-electron chi connectivity index (χ3n) is 2.46. The molecule has 1 aromatic carbocycles. The molecule has 19 heavy (non-hydrogen) atoms. The lowest BCUT2D eigenvalue weighted by Gasteiger charge is -2.08. The molecule has 0 aliphatic heterocycles. The average molecular weight is 359 g/mol. The van der Waals surface area contributed by atoms with Gasteiger partial charge in [-0.2, -0.15) is 0 Å². The van der Waals surface area contributed by atoms with Crippen molar-refractivity contribution in [3.63, 3.8) is 0 Å². The van der Waals surface area contributed by atoms with Gasteiger partial charge in [0.15, 0.2) is 4.34 Å². The van der Waals surface area contributed by atoms with Crippen molar-refractivity contribution < 1.29 is 0 Å². The topological polar surface area (TPSA) is 55.0 Å². The van der Waals surface area contributed by atoms with Crippen LogP contribution in [0.2, 0.25) is 0 Å². The molecule has 0 spiro atoms. The van der Waals surface area contributed by atoms with Crippen molar-refractivity contribution in [1.82, 2.24) is 10.2 Å². The average Bonchev–Trinajstić information content (AvgIpc) is 2.80. The maximum absolute atomic E-state index is 5.87. The Balaban J connectivity index is 2.18. The van der Waals surface area contributed by atoms with Gasteiger partial charge >= 0.3 is 0 Å². The van der Waals surface area contributed by atoms with Crippen molar-refractivity contribution in [2.24, 2.45) is 5.73 Å². The summed E-state index contributed by atoms with van der Waals surface area (Å²) < 4.78 is 1.96. The van der Waals surface area contributed by atoms with Gasteiger partial charge in [0.05, 0.1) is 0 Å². The van der Waals surface area contributed by atoms with Crippen LogP contribution < -0.4 is 10.6 Å². The van der Waals surface area contributed by atoms with Crippen LogP contribution in [-0.2, 0) is 0 Å². The number of benzene rings is 1. The molecule has 0 unspecified atom stereocenters. The standard InChI is InChI=1S/C12H15BrN4S2/c1-7(14)8-4-5-10(9(13)6-8)18-12-16-15-11(19-12)17(2)3/h4-7H,14H2,1-3H3/t7-/m0/s1. The maximum atomic E-state index is 5.87. The van der Waals surface area contributed by atoms with Crippen LogP contribution in [0.25, 0.3) is 0 Å². The van der Waals surface area contributed by atoms with Gasteiger partial charge in [0.2, 0.25) is 5.13 Å². The number of aromatic nitrogens is 2. The highest BCUT2D eigenvalue weighted by atomic mass is 79.9. The minimum absolute atomic E-state index is 0.0391. The van der Waals surface area contributed by atoms with Gasteiger partial charge in [-0.05, 0) is 40.5 Å². The quantitative estimate of drug-likeness (QED) is 0.905. The van der Waals surface area contributed by atoms with E-state index in [4.69, 9.17) is 5.73 Å². The molecule has 102 valence electrons. The third kappa shape index (κ3) is 3.68.